The molecule has 1 saturated heterocycles. The van der Waals surface area contributed by atoms with E-state index >= 15 is 0 Å². The molecule has 3 amide bonds. The topological polar surface area (TPSA) is 113 Å². The van der Waals surface area contributed by atoms with E-state index in [0.717, 1.165) is 16.5 Å². The zero-order chi connectivity index (χ0) is 25.7. The molecule has 1 aliphatic heterocycles. The van der Waals surface area contributed by atoms with E-state index in [1.54, 1.807) is 36.4 Å². The van der Waals surface area contributed by atoms with E-state index in [4.69, 9.17) is 9.84 Å². The van der Waals surface area contributed by atoms with Gasteiger partial charge in [0.25, 0.3) is 11.1 Å². The van der Waals surface area contributed by atoms with E-state index in [1.165, 1.54) is 36.4 Å². The largest absolute Gasteiger partial charge is 0.488 e. The number of hydrogen-bond acceptors (Lipinski definition) is 6. The van der Waals surface area contributed by atoms with Crippen molar-refractivity contribution in [2.75, 3.05) is 11.9 Å². The molecular formula is C26H19FN2O6S. The molecule has 4 rings (SSSR count). The van der Waals surface area contributed by atoms with Crippen molar-refractivity contribution in [1.29, 1.82) is 0 Å². The highest BCUT2D eigenvalue weighted by Gasteiger charge is 2.36. The van der Waals surface area contributed by atoms with Gasteiger partial charge in [0.1, 0.15) is 24.7 Å². The van der Waals surface area contributed by atoms with Gasteiger partial charge in [-0.25, -0.2) is 9.18 Å². The molecule has 0 radical (unpaired) electrons. The third-order valence-corrected chi connectivity index (χ3v) is 5.99. The first kappa shape index (κ1) is 24.7. The number of ether oxygens (including phenoxy) is 1. The molecule has 0 saturated carbocycles. The van der Waals surface area contributed by atoms with E-state index < -0.39 is 35.4 Å². The number of carbonyl (C=O) groups is 4. The molecule has 1 aliphatic rings. The van der Waals surface area contributed by atoms with Crippen LogP contribution in [0.25, 0.3) is 6.08 Å². The number of nitrogens with one attached hydrogen (secondary N) is 1. The first-order valence-electron chi connectivity index (χ1n) is 10.6. The number of carboxylic acids is 1. The lowest BCUT2D eigenvalue weighted by Gasteiger charge is -2.12. The smallest absolute Gasteiger partial charge is 0.335 e. The van der Waals surface area contributed by atoms with Crippen LogP contribution in [0.2, 0.25) is 0 Å². The van der Waals surface area contributed by atoms with E-state index in [0.29, 0.717) is 23.1 Å². The van der Waals surface area contributed by atoms with Gasteiger partial charge < -0.3 is 15.2 Å². The summed E-state index contributed by atoms with van der Waals surface area (Å²) in [6.07, 6.45) is 1.51. The molecule has 10 heteroatoms. The summed E-state index contributed by atoms with van der Waals surface area (Å²) in [5.74, 6) is -2.36. The Balaban J connectivity index is 1.43. The fourth-order valence-electron chi connectivity index (χ4n) is 3.32. The first-order chi connectivity index (χ1) is 17.3. The van der Waals surface area contributed by atoms with Crippen molar-refractivity contribution >= 4 is 46.5 Å². The number of amides is 3. The molecule has 0 atom stereocenters. The second kappa shape index (κ2) is 10.9. The van der Waals surface area contributed by atoms with E-state index in [2.05, 4.69) is 5.32 Å². The van der Waals surface area contributed by atoms with Gasteiger partial charge in [0.05, 0.1) is 10.5 Å². The number of para-hydroxylation sites is 1. The number of halogens is 1. The molecule has 0 aliphatic carbocycles. The van der Waals surface area contributed by atoms with E-state index in [1.807, 2.05) is 0 Å². The van der Waals surface area contributed by atoms with Crippen LogP contribution >= 0.6 is 11.8 Å². The summed E-state index contributed by atoms with van der Waals surface area (Å²) in [5, 5.41) is 10.9. The van der Waals surface area contributed by atoms with Crippen molar-refractivity contribution in [3.8, 4) is 5.75 Å². The lowest BCUT2D eigenvalue weighted by molar-refractivity contribution is -0.127. The van der Waals surface area contributed by atoms with Crippen LogP contribution < -0.4 is 10.1 Å². The lowest BCUT2D eigenvalue weighted by atomic mass is 10.1. The van der Waals surface area contributed by atoms with Crippen LogP contribution in [-0.2, 0) is 16.2 Å². The standard InChI is InChI=1S/C26H19FN2O6S/c27-19-5-3-6-20(13-19)28-23(30)14-29-24(31)22(36-26(29)34)12-18-4-1-2-7-21(18)35-15-16-8-10-17(11-9-16)25(32)33/h1-13H,14-15H2,(H,28,30)(H,32,33)/b22-12+. The highest BCUT2D eigenvalue weighted by Crippen LogP contribution is 2.34. The van der Waals surface area contributed by atoms with Crippen molar-refractivity contribution in [2.24, 2.45) is 0 Å². The minimum Gasteiger partial charge on any atom is -0.488 e. The Morgan fingerprint density at radius 1 is 1.03 bits per heavy atom. The number of nitrogens with zero attached hydrogens (tertiary/aromatic N) is 1. The number of carboxylic acid groups (broad SMARTS) is 1. The quantitative estimate of drug-likeness (QED) is 0.423. The summed E-state index contributed by atoms with van der Waals surface area (Å²) in [7, 11) is 0. The highest BCUT2D eigenvalue weighted by atomic mass is 32.2. The van der Waals surface area contributed by atoms with Crippen LogP contribution in [0.15, 0.2) is 77.7 Å². The highest BCUT2D eigenvalue weighted by molar-refractivity contribution is 8.18. The van der Waals surface area contributed by atoms with Crippen molar-refractivity contribution < 1.29 is 33.4 Å². The molecular weight excluding hydrogens is 487 g/mol. The second-order valence-corrected chi connectivity index (χ2v) is 8.65. The summed E-state index contributed by atoms with van der Waals surface area (Å²) in [6, 6.07) is 18.4. The number of aromatic carboxylic acids is 1. The van der Waals surface area contributed by atoms with Crippen LogP contribution in [-0.4, -0.2) is 39.6 Å². The SMILES string of the molecule is O=C(CN1C(=O)S/C(=C/c2ccccc2OCc2ccc(C(=O)O)cc2)C1=O)Nc1cccc(F)c1. The molecule has 0 spiro atoms. The average Bonchev–Trinajstić information content (AvgIpc) is 3.11. The normalized spacial score (nSPS) is 14.2. The molecule has 182 valence electrons. The van der Waals surface area contributed by atoms with Gasteiger partial charge in [-0.3, -0.25) is 19.3 Å². The fraction of sp³-hybridized carbons (Fsp3) is 0.0769. The minimum atomic E-state index is -1.02. The maximum Gasteiger partial charge on any atom is 0.335 e. The predicted molar refractivity (Wildman–Crippen MR) is 132 cm³/mol. The number of imide groups is 1. The molecule has 2 N–H and O–H groups in total. The number of carbonyl (C=O) groups excluding carboxylic acids is 3. The van der Waals surface area contributed by atoms with Gasteiger partial charge in [0, 0.05) is 11.3 Å². The van der Waals surface area contributed by atoms with Crippen LogP contribution in [0.5, 0.6) is 5.75 Å². The van der Waals surface area contributed by atoms with Crippen molar-refractivity contribution in [2.45, 2.75) is 6.61 Å². The molecule has 3 aromatic carbocycles. The van der Waals surface area contributed by atoms with Gasteiger partial charge in [-0.15, -0.1) is 0 Å². The molecule has 0 unspecified atom stereocenters. The molecule has 1 fully saturated rings. The van der Waals surface area contributed by atoms with Gasteiger partial charge >= 0.3 is 5.97 Å². The lowest BCUT2D eigenvalue weighted by Crippen LogP contribution is -2.36. The summed E-state index contributed by atoms with van der Waals surface area (Å²) in [5.41, 5.74) is 1.68. The third kappa shape index (κ3) is 5.97. The fourth-order valence-corrected chi connectivity index (χ4v) is 4.15. The van der Waals surface area contributed by atoms with Crippen molar-refractivity contribution in [3.05, 3.63) is 100 Å². The zero-order valence-electron chi connectivity index (χ0n) is 18.6. The zero-order valence-corrected chi connectivity index (χ0v) is 19.5. The van der Waals surface area contributed by atoms with Gasteiger partial charge in [0.15, 0.2) is 0 Å². The van der Waals surface area contributed by atoms with Gasteiger partial charge in [-0.1, -0.05) is 36.4 Å². The summed E-state index contributed by atoms with van der Waals surface area (Å²) < 4.78 is 19.2. The molecule has 0 bridgehead atoms. The molecule has 8 nitrogen and oxygen atoms in total. The maximum atomic E-state index is 13.3. The Kier molecular flexibility index (Phi) is 7.45. The molecule has 36 heavy (non-hydrogen) atoms. The molecule has 3 aromatic rings. The number of anilines is 1. The maximum absolute atomic E-state index is 13.3. The number of benzene rings is 3. The first-order valence-corrected chi connectivity index (χ1v) is 11.5. The van der Waals surface area contributed by atoms with Gasteiger partial charge in [-0.2, -0.15) is 0 Å². The molecule has 0 aromatic heterocycles. The van der Waals surface area contributed by atoms with Gasteiger partial charge in [-0.05, 0) is 59.8 Å². The predicted octanol–water partition coefficient (Wildman–Crippen LogP) is 4.78. The Morgan fingerprint density at radius 3 is 2.50 bits per heavy atom. The second-order valence-electron chi connectivity index (χ2n) is 7.65. The van der Waals surface area contributed by atoms with Crippen molar-refractivity contribution in [1.82, 2.24) is 4.90 Å². The third-order valence-electron chi connectivity index (χ3n) is 5.08. The Labute approximate surface area is 209 Å². The van der Waals surface area contributed by atoms with Gasteiger partial charge in [0.2, 0.25) is 5.91 Å². The summed E-state index contributed by atoms with van der Waals surface area (Å²) in [6.45, 7) is -0.352. The Bertz CT molecular complexity index is 1370. The Hall–Kier alpha value is -4.44. The van der Waals surface area contributed by atoms with Crippen LogP contribution in [0.4, 0.5) is 14.9 Å². The average molecular weight is 507 g/mol. The summed E-state index contributed by atoms with van der Waals surface area (Å²) in [4.78, 5) is 49.5. The number of hydrogen-bond donors (Lipinski definition) is 2. The molecule has 1 heterocycles. The van der Waals surface area contributed by atoms with Crippen LogP contribution in [0.3, 0.4) is 0 Å². The Morgan fingerprint density at radius 2 is 1.78 bits per heavy atom. The van der Waals surface area contributed by atoms with Crippen LogP contribution in [0.1, 0.15) is 21.5 Å². The van der Waals surface area contributed by atoms with Crippen molar-refractivity contribution in [3.63, 3.8) is 0 Å². The van der Waals surface area contributed by atoms with E-state index in [9.17, 15) is 23.6 Å². The monoisotopic (exact) mass is 506 g/mol. The van der Waals surface area contributed by atoms with E-state index in [-0.39, 0.29) is 22.8 Å². The minimum absolute atomic E-state index is 0.125. The number of thioether (sulfide) groups is 1. The summed E-state index contributed by atoms with van der Waals surface area (Å²) >= 11 is 0.702. The van der Waals surface area contributed by atoms with Crippen LogP contribution in [0, 0.1) is 5.82 Å². The number of rotatable bonds is 8.